The fraction of sp³-hybridized carbons (Fsp3) is 0.375. The Hall–Kier alpha value is -3.60. The van der Waals surface area contributed by atoms with E-state index in [0.717, 1.165) is 42.6 Å². The number of unbranched alkanes of at least 4 members (excludes halogenated alkanes) is 2. The van der Waals surface area contributed by atoms with Gasteiger partial charge in [0.15, 0.2) is 0 Å². The molecule has 0 saturated heterocycles. The van der Waals surface area contributed by atoms with E-state index in [9.17, 15) is 9.59 Å². The number of aryl methyl sites for hydroxylation is 1. The van der Waals surface area contributed by atoms with E-state index in [1.807, 2.05) is 60.7 Å². The van der Waals surface area contributed by atoms with Gasteiger partial charge in [-0.2, -0.15) is 0 Å². The molecule has 37 heavy (non-hydrogen) atoms. The lowest BCUT2D eigenvalue weighted by atomic mass is 10.0. The zero-order valence-corrected chi connectivity index (χ0v) is 21.9. The van der Waals surface area contributed by atoms with Crippen molar-refractivity contribution in [2.75, 3.05) is 6.61 Å². The van der Waals surface area contributed by atoms with Crippen LogP contribution in [-0.2, 0) is 33.8 Å². The average molecular weight is 502 g/mol. The van der Waals surface area contributed by atoms with E-state index in [1.165, 1.54) is 5.56 Å². The van der Waals surface area contributed by atoms with Gasteiger partial charge in [0, 0.05) is 18.9 Å². The van der Waals surface area contributed by atoms with Crippen LogP contribution >= 0.6 is 0 Å². The number of carbonyl (C=O) groups is 2. The molecule has 3 aromatic carbocycles. The summed E-state index contributed by atoms with van der Waals surface area (Å²) in [6, 6.07) is 28.3. The molecule has 0 aromatic heterocycles. The number of nitrogens with one attached hydrogen (secondary N) is 1. The largest absolute Gasteiger partial charge is 0.489 e. The zero-order chi connectivity index (χ0) is 26.1. The molecule has 3 aromatic rings. The molecule has 0 aliphatic heterocycles. The molecule has 1 amide bonds. The van der Waals surface area contributed by atoms with E-state index >= 15 is 0 Å². The third kappa shape index (κ3) is 11.3. The Morgan fingerprint density at radius 3 is 2.11 bits per heavy atom. The molecule has 0 fully saturated rings. The van der Waals surface area contributed by atoms with Crippen molar-refractivity contribution in [2.24, 2.45) is 0 Å². The summed E-state index contributed by atoms with van der Waals surface area (Å²) >= 11 is 0. The first-order valence-electron chi connectivity index (χ1n) is 13.4. The van der Waals surface area contributed by atoms with Crippen molar-refractivity contribution in [3.05, 3.63) is 102 Å². The van der Waals surface area contributed by atoms with Gasteiger partial charge in [-0.15, -0.1) is 0 Å². The fourth-order valence-electron chi connectivity index (χ4n) is 4.23. The van der Waals surface area contributed by atoms with Crippen molar-refractivity contribution in [3.63, 3.8) is 0 Å². The molecule has 1 atom stereocenters. The monoisotopic (exact) mass is 501 g/mol. The first-order chi connectivity index (χ1) is 18.1. The van der Waals surface area contributed by atoms with Crippen molar-refractivity contribution in [2.45, 2.75) is 70.9 Å². The number of benzene rings is 3. The number of amides is 1. The van der Waals surface area contributed by atoms with E-state index in [0.29, 0.717) is 32.5 Å². The first-order valence-corrected chi connectivity index (χ1v) is 13.4. The highest BCUT2D eigenvalue weighted by atomic mass is 16.5. The van der Waals surface area contributed by atoms with E-state index in [2.05, 4.69) is 29.6 Å². The maximum Gasteiger partial charge on any atom is 0.305 e. The van der Waals surface area contributed by atoms with Gasteiger partial charge >= 0.3 is 5.97 Å². The molecule has 5 nitrogen and oxygen atoms in total. The van der Waals surface area contributed by atoms with Gasteiger partial charge in [-0.3, -0.25) is 9.59 Å². The molecule has 0 aliphatic rings. The van der Waals surface area contributed by atoms with Gasteiger partial charge in [-0.05, 0) is 67.9 Å². The minimum atomic E-state index is -0.229. The Morgan fingerprint density at radius 2 is 1.43 bits per heavy atom. The van der Waals surface area contributed by atoms with Crippen LogP contribution in [-0.4, -0.2) is 24.5 Å². The number of carbonyl (C=O) groups excluding carboxylic acids is 2. The van der Waals surface area contributed by atoms with Crippen LogP contribution in [0.2, 0.25) is 0 Å². The highest BCUT2D eigenvalue weighted by Gasteiger charge is 2.16. The molecule has 0 aliphatic carbocycles. The summed E-state index contributed by atoms with van der Waals surface area (Å²) in [5.41, 5.74) is 3.54. The molecule has 1 N–H and O–H groups in total. The lowest BCUT2D eigenvalue weighted by Gasteiger charge is -2.19. The van der Waals surface area contributed by atoms with Crippen LogP contribution in [0.4, 0.5) is 0 Å². The van der Waals surface area contributed by atoms with Crippen molar-refractivity contribution >= 4 is 11.9 Å². The predicted octanol–water partition coefficient (Wildman–Crippen LogP) is 6.44. The number of hydrogen-bond acceptors (Lipinski definition) is 4. The van der Waals surface area contributed by atoms with Crippen LogP contribution in [0.3, 0.4) is 0 Å². The molecular formula is C32H39NO4. The number of ether oxygens (including phenoxy) is 2. The van der Waals surface area contributed by atoms with E-state index in [4.69, 9.17) is 9.47 Å². The van der Waals surface area contributed by atoms with Crippen LogP contribution in [0.25, 0.3) is 0 Å². The second-order valence-corrected chi connectivity index (χ2v) is 9.28. The van der Waals surface area contributed by atoms with Crippen molar-refractivity contribution in [3.8, 4) is 5.75 Å². The maximum absolute atomic E-state index is 12.7. The van der Waals surface area contributed by atoms with Crippen molar-refractivity contribution in [1.29, 1.82) is 0 Å². The van der Waals surface area contributed by atoms with Crippen LogP contribution in [0.15, 0.2) is 84.9 Å². The van der Waals surface area contributed by atoms with Crippen molar-refractivity contribution in [1.82, 2.24) is 5.32 Å². The van der Waals surface area contributed by atoms with E-state index < -0.39 is 0 Å². The number of rotatable bonds is 16. The lowest BCUT2D eigenvalue weighted by Crippen LogP contribution is -2.36. The third-order valence-corrected chi connectivity index (χ3v) is 6.23. The fourth-order valence-corrected chi connectivity index (χ4v) is 4.23. The molecule has 0 bridgehead atoms. The Morgan fingerprint density at radius 1 is 0.757 bits per heavy atom. The molecule has 5 heteroatoms. The summed E-state index contributed by atoms with van der Waals surface area (Å²) in [6.45, 7) is 2.68. The van der Waals surface area contributed by atoms with Gasteiger partial charge in [-0.1, -0.05) is 79.2 Å². The standard InChI is InChI=1S/C32H39NO4/c1-2-36-32(35)23-20-29(33-31(34)17-11-5-8-14-26-12-6-3-7-13-26)24-27-18-21-30(22-19-27)37-25-28-15-9-4-10-16-28/h3-4,6-7,9-10,12-13,15-16,18-19,21-22,29H,2,5,8,11,14,17,20,23-25H2,1H3,(H,33,34). The highest BCUT2D eigenvalue weighted by molar-refractivity contribution is 5.76. The van der Waals surface area contributed by atoms with Crippen LogP contribution < -0.4 is 10.1 Å². The second kappa shape index (κ2) is 16.2. The van der Waals surface area contributed by atoms with Crippen LogP contribution in [0.1, 0.15) is 62.1 Å². The lowest BCUT2D eigenvalue weighted by molar-refractivity contribution is -0.143. The van der Waals surface area contributed by atoms with Gasteiger partial charge in [-0.25, -0.2) is 0 Å². The third-order valence-electron chi connectivity index (χ3n) is 6.23. The summed E-state index contributed by atoms with van der Waals surface area (Å²) in [4.78, 5) is 24.6. The van der Waals surface area contributed by atoms with Gasteiger partial charge in [0.05, 0.1) is 6.61 Å². The predicted molar refractivity (Wildman–Crippen MR) is 147 cm³/mol. The average Bonchev–Trinajstić information content (AvgIpc) is 2.92. The SMILES string of the molecule is CCOC(=O)CCC(Cc1ccc(OCc2ccccc2)cc1)NC(=O)CCCCCc1ccccc1. The number of esters is 1. The minimum Gasteiger partial charge on any atom is -0.489 e. The minimum absolute atomic E-state index is 0.0383. The van der Waals surface area contributed by atoms with Crippen LogP contribution in [0, 0.1) is 0 Å². The topological polar surface area (TPSA) is 64.6 Å². The van der Waals surface area contributed by atoms with Crippen LogP contribution in [0.5, 0.6) is 5.75 Å². The van der Waals surface area contributed by atoms with Gasteiger partial charge < -0.3 is 14.8 Å². The van der Waals surface area contributed by atoms with E-state index in [-0.39, 0.29) is 24.3 Å². The quantitative estimate of drug-likeness (QED) is 0.181. The molecule has 1 unspecified atom stereocenters. The van der Waals surface area contributed by atoms with Gasteiger partial charge in [0.25, 0.3) is 0 Å². The second-order valence-electron chi connectivity index (χ2n) is 9.28. The van der Waals surface area contributed by atoms with E-state index in [1.54, 1.807) is 6.92 Å². The molecule has 0 heterocycles. The molecular weight excluding hydrogens is 462 g/mol. The Labute approximate surface area is 221 Å². The summed E-state index contributed by atoms with van der Waals surface area (Å²) in [7, 11) is 0. The molecule has 196 valence electrons. The normalized spacial score (nSPS) is 11.5. The maximum atomic E-state index is 12.7. The summed E-state index contributed by atoms with van der Waals surface area (Å²) in [5.74, 6) is 0.610. The number of hydrogen-bond donors (Lipinski definition) is 1. The summed E-state index contributed by atoms with van der Waals surface area (Å²) in [6.07, 6.45) is 5.96. The molecule has 0 spiro atoms. The summed E-state index contributed by atoms with van der Waals surface area (Å²) < 4.78 is 11.0. The van der Waals surface area contributed by atoms with Gasteiger partial charge in [0.1, 0.15) is 12.4 Å². The molecule has 3 rings (SSSR count). The Bertz CT molecular complexity index is 1050. The van der Waals surface area contributed by atoms with Gasteiger partial charge in [0.2, 0.25) is 5.91 Å². The van der Waals surface area contributed by atoms with Crippen molar-refractivity contribution < 1.29 is 19.1 Å². The first kappa shape index (κ1) is 28.0. The smallest absolute Gasteiger partial charge is 0.305 e. The molecule has 0 saturated carbocycles. The highest BCUT2D eigenvalue weighted by Crippen LogP contribution is 2.17. The Kier molecular flexibility index (Phi) is 12.3. The Balaban J connectivity index is 1.46. The molecule has 0 radical (unpaired) electrons. The zero-order valence-electron chi connectivity index (χ0n) is 21.9. The summed E-state index contributed by atoms with van der Waals surface area (Å²) in [5, 5.41) is 3.15.